The van der Waals surface area contributed by atoms with Crippen molar-refractivity contribution in [1.29, 1.82) is 0 Å². The molecule has 2 aromatic rings. The zero-order valence-corrected chi connectivity index (χ0v) is 17.8. The first-order valence-corrected chi connectivity index (χ1v) is 10.9. The molecule has 0 radical (unpaired) electrons. The molecule has 0 heterocycles. The number of carbonyl (C=O) groups excluding carboxylic acids is 1. The summed E-state index contributed by atoms with van der Waals surface area (Å²) in [6, 6.07) is 9.83. The SMILES string of the molecule is CCc1cccc(C)c1NC(=O)[C@@H](C)N(c1cc(Cl)ccc1C)S(C)(=O)=O. The second-order valence-corrected chi connectivity index (χ2v) is 8.91. The van der Waals surface area contributed by atoms with Gasteiger partial charge in [0.2, 0.25) is 15.9 Å². The molecule has 5 nitrogen and oxygen atoms in total. The Morgan fingerprint density at radius 1 is 1.19 bits per heavy atom. The van der Waals surface area contributed by atoms with Crippen LogP contribution < -0.4 is 9.62 Å². The first-order chi connectivity index (χ1) is 12.6. The van der Waals surface area contributed by atoms with Crippen molar-refractivity contribution in [1.82, 2.24) is 0 Å². The summed E-state index contributed by atoms with van der Waals surface area (Å²) >= 11 is 6.06. The molecule has 0 unspecified atom stereocenters. The molecule has 0 aromatic heterocycles. The number of benzene rings is 2. The number of nitrogens with one attached hydrogen (secondary N) is 1. The highest BCUT2D eigenvalue weighted by atomic mass is 35.5. The standard InChI is InChI=1S/C20H25ClN2O3S/c1-6-16-9-7-8-14(3)19(16)22-20(24)15(4)23(27(5,25)26)18-12-17(21)11-10-13(18)2/h7-12,15H,6H2,1-5H3,(H,22,24)/t15-/m1/s1. The van der Waals surface area contributed by atoms with Crippen molar-refractivity contribution < 1.29 is 13.2 Å². The largest absolute Gasteiger partial charge is 0.324 e. The molecule has 1 atom stereocenters. The van der Waals surface area contributed by atoms with Crippen LogP contribution in [0.4, 0.5) is 11.4 Å². The van der Waals surface area contributed by atoms with Gasteiger partial charge in [0.05, 0.1) is 11.9 Å². The van der Waals surface area contributed by atoms with Crippen molar-refractivity contribution in [2.45, 2.75) is 40.2 Å². The molecule has 0 saturated heterocycles. The van der Waals surface area contributed by atoms with Gasteiger partial charge in [-0.15, -0.1) is 0 Å². The maximum Gasteiger partial charge on any atom is 0.248 e. The van der Waals surface area contributed by atoms with Gasteiger partial charge in [-0.25, -0.2) is 8.42 Å². The van der Waals surface area contributed by atoms with E-state index in [4.69, 9.17) is 11.6 Å². The Morgan fingerprint density at radius 3 is 2.44 bits per heavy atom. The van der Waals surface area contributed by atoms with E-state index in [1.54, 1.807) is 32.0 Å². The van der Waals surface area contributed by atoms with Gasteiger partial charge in [0.25, 0.3) is 0 Å². The van der Waals surface area contributed by atoms with Crippen molar-refractivity contribution in [2.75, 3.05) is 15.9 Å². The van der Waals surface area contributed by atoms with Crippen LogP contribution in [0.3, 0.4) is 0 Å². The Hall–Kier alpha value is -2.05. The molecule has 0 aliphatic rings. The molecule has 27 heavy (non-hydrogen) atoms. The highest BCUT2D eigenvalue weighted by molar-refractivity contribution is 7.92. The van der Waals surface area contributed by atoms with E-state index in [1.165, 1.54) is 0 Å². The molecule has 0 spiro atoms. The molecular formula is C20H25ClN2O3S. The highest BCUT2D eigenvalue weighted by Gasteiger charge is 2.30. The number of amides is 1. The lowest BCUT2D eigenvalue weighted by molar-refractivity contribution is -0.116. The molecular weight excluding hydrogens is 384 g/mol. The second-order valence-electron chi connectivity index (χ2n) is 6.62. The van der Waals surface area contributed by atoms with Crippen LogP contribution in [0.15, 0.2) is 36.4 Å². The Labute approximate surface area is 166 Å². The summed E-state index contributed by atoms with van der Waals surface area (Å²) in [6.45, 7) is 7.27. The first-order valence-electron chi connectivity index (χ1n) is 8.71. The van der Waals surface area contributed by atoms with Gasteiger partial charge in [0, 0.05) is 10.7 Å². The highest BCUT2D eigenvalue weighted by Crippen LogP contribution is 2.29. The summed E-state index contributed by atoms with van der Waals surface area (Å²) in [6.07, 6.45) is 1.84. The zero-order chi connectivity index (χ0) is 20.4. The van der Waals surface area contributed by atoms with E-state index >= 15 is 0 Å². The third kappa shape index (κ3) is 4.82. The summed E-state index contributed by atoms with van der Waals surface area (Å²) in [5.74, 6) is -0.399. The minimum atomic E-state index is -3.71. The third-order valence-electron chi connectivity index (χ3n) is 4.49. The normalized spacial score (nSPS) is 12.5. The van der Waals surface area contributed by atoms with Crippen LogP contribution in [-0.2, 0) is 21.2 Å². The summed E-state index contributed by atoms with van der Waals surface area (Å²) in [5.41, 5.74) is 3.77. The molecule has 7 heteroatoms. The monoisotopic (exact) mass is 408 g/mol. The molecule has 2 aromatic carbocycles. The Balaban J connectivity index is 2.44. The Morgan fingerprint density at radius 2 is 1.85 bits per heavy atom. The summed E-state index contributed by atoms with van der Waals surface area (Å²) < 4.78 is 26.1. The van der Waals surface area contributed by atoms with Crippen molar-refractivity contribution in [3.63, 3.8) is 0 Å². The molecule has 146 valence electrons. The molecule has 0 bridgehead atoms. The number of rotatable bonds is 6. The van der Waals surface area contributed by atoms with Gasteiger partial charge in [0.15, 0.2) is 0 Å². The fraction of sp³-hybridized carbons (Fsp3) is 0.350. The predicted molar refractivity (Wildman–Crippen MR) is 112 cm³/mol. The quantitative estimate of drug-likeness (QED) is 0.774. The van der Waals surface area contributed by atoms with Gasteiger partial charge in [-0.1, -0.05) is 42.8 Å². The van der Waals surface area contributed by atoms with Gasteiger partial charge < -0.3 is 5.32 Å². The van der Waals surface area contributed by atoms with Crippen LogP contribution in [-0.4, -0.2) is 26.6 Å². The maximum atomic E-state index is 12.9. The zero-order valence-electron chi connectivity index (χ0n) is 16.2. The number of hydrogen-bond donors (Lipinski definition) is 1. The molecule has 0 aliphatic carbocycles. The number of aryl methyl sites for hydroxylation is 3. The van der Waals surface area contributed by atoms with Crippen molar-refractivity contribution >= 4 is 38.9 Å². The van der Waals surface area contributed by atoms with Crippen LogP contribution in [0.1, 0.15) is 30.5 Å². The second kappa shape index (κ2) is 8.31. The maximum absolute atomic E-state index is 12.9. The van der Waals surface area contributed by atoms with E-state index in [0.29, 0.717) is 10.7 Å². The predicted octanol–water partition coefficient (Wildman–Crippen LogP) is 4.31. The van der Waals surface area contributed by atoms with E-state index in [2.05, 4.69) is 5.32 Å². The van der Waals surface area contributed by atoms with Crippen LogP contribution in [0.2, 0.25) is 5.02 Å². The van der Waals surface area contributed by atoms with E-state index < -0.39 is 22.0 Å². The smallest absolute Gasteiger partial charge is 0.248 e. The van der Waals surface area contributed by atoms with Crippen molar-refractivity contribution in [3.8, 4) is 0 Å². The first kappa shape index (κ1) is 21.3. The number of para-hydroxylation sites is 1. The number of sulfonamides is 1. The number of nitrogens with zero attached hydrogens (tertiary/aromatic N) is 1. The van der Waals surface area contributed by atoms with Gasteiger partial charge >= 0.3 is 0 Å². The minimum Gasteiger partial charge on any atom is -0.324 e. The molecule has 1 N–H and O–H groups in total. The van der Waals surface area contributed by atoms with E-state index in [-0.39, 0.29) is 0 Å². The van der Waals surface area contributed by atoms with E-state index in [0.717, 1.165) is 39.4 Å². The average molecular weight is 409 g/mol. The molecule has 0 aliphatic heterocycles. The topological polar surface area (TPSA) is 66.5 Å². The van der Waals surface area contributed by atoms with E-state index in [1.807, 2.05) is 32.0 Å². The number of anilines is 2. The Kier molecular flexibility index (Phi) is 6.54. The lowest BCUT2D eigenvalue weighted by Crippen LogP contribution is -2.45. The fourth-order valence-electron chi connectivity index (χ4n) is 3.03. The summed E-state index contributed by atoms with van der Waals surface area (Å²) in [7, 11) is -3.71. The van der Waals surface area contributed by atoms with Crippen molar-refractivity contribution in [3.05, 3.63) is 58.1 Å². The molecule has 1 amide bonds. The van der Waals surface area contributed by atoms with Crippen LogP contribution in [0.25, 0.3) is 0 Å². The van der Waals surface area contributed by atoms with Crippen molar-refractivity contribution in [2.24, 2.45) is 0 Å². The molecule has 2 rings (SSSR count). The summed E-state index contributed by atoms with van der Waals surface area (Å²) in [5, 5.41) is 3.31. The van der Waals surface area contributed by atoms with Gasteiger partial charge in [-0.2, -0.15) is 0 Å². The number of carbonyl (C=O) groups is 1. The average Bonchev–Trinajstić information content (AvgIpc) is 2.58. The van der Waals surface area contributed by atoms with Gasteiger partial charge in [0.1, 0.15) is 6.04 Å². The van der Waals surface area contributed by atoms with Crippen LogP contribution in [0.5, 0.6) is 0 Å². The Bertz CT molecular complexity index is 958. The van der Waals surface area contributed by atoms with E-state index in [9.17, 15) is 13.2 Å². The van der Waals surface area contributed by atoms with Gasteiger partial charge in [-0.3, -0.25) is 9.10 Å². The number of halogens is 1. The third-order valence-corrected chi connectivity index (χ3v) is 5.95. The lowest BCUT2D eigenvalue weighted by atomic mass is 10.1. The van der Waals surface area contributed by atoms with Crippen LogP contribution in [0, 0.1) is 13.8 Å². The fourth-order valence-corrected chi connectivity index (χ4v) is 4.42. The summed E-state index contributed by atoms with van der Waals surface area (Å²) in [4.78, 5) is 12.9. The van der Waals surface area contributed by atoms with Crippen LogP contribution >= 0.6 is 11.6 Å². The molecule has 0 fully saturated rings. The molecule has 0 saturated carbocycles. The van der Waals surface area contributed by atoms with Gasteiger partial charge in [-0.05, 0) is 56.0 Å². The lowest BCUT2D eigenvalue weighted by Gasteiger charge is -2.30. The minimum absolute atomic E-state index is 0.396. The number of hydrogen-bond acceptors (Lipinski definition) is 3.